The summed E-state index contributed by atoms with van der Waals surface area (Å²) in [7, 11) is 0. The Labute approximate surface area is 116 Å². The van der Waals surface area contributed by atoms with Gasteiger partial charge in [-0.05, 0) is 31.4 Å². The number of benzene rings is 1. The number of aryl methyl sites for hydroxylation is 1. The van der Waals surface area contributed by atoms with Crippen LogP contribution in [0.1, 0.15) is 31.9 Å². The van der Waals surface area contributed by atoms with Gasteiger partial charge in [-0.25, -0.2) is 0 Å². The summed E-state index contributed by atoms with van der Waals surface area (Å²) in [5.41, 5.74) is 2.46. The molecule has 0 aliphatic carbocycles. The molecule has 1 aromatic carbocycles. The molecule has 0 spiro atoms. The van der Waals surface area contributed by atoms with Crippen LogP contribution < -0.4 is 5.32 Å². The zero-order valence-electron chi connectivity index (χ0n) is 12.2. The SMILES string of the molecule is CCc1ccc(CC(=O)N2CCNC(C)(C)C2)cc1. The van der Waals surface area contributed by atoms with Crippen LogP contribution in [0.4, 0.5) is 0 Å². The fraction of sp³-hybridized carbons (Fsp3) is 0.562. The van der Waals surface area contributed by atoms with E-state index in [-0.39, 0.29) is 11.4 Å². The summed E-state index contributed by atoms with van der Waals surface area (Å²) in [6.07, 6.45) is 1.56. The molecule has 0 aromatic heterocycles. The van der Waals surface area contributed by atoms with Crippen LogP contribution in [0.15, 0.2) is 24.3 Å². The van der Waals surface area contributed by atoms with Crippen molar-refractivity contribution >= 4 is 5.91 Å². The van der Waals surface area contributed by atoms with Gasteiger partial charge in [-0.1, -0.05) is 31.2 Å². The molecule has 0 bridgehead atoms. The van der Waals surface area contributed by atoms with E-state index >= 15 is 0 Å². The average molecular weight is 260 g/mol. The Morgan fingerprint density at radius 2 is 1.89 bits per heavy atom. The minimum absolute atomic E-state index is 0.0278. The van der Waals surface area contributed by atoms with E-state index in [4.69, 9.17) is 0 Å². The maximum absolute atomic E-state index is 12.3. The summed E-state index contributed by atoms with van der Waals surface area (Å²) in [5.74, 6) is 0.235. The minimum Gasteiger partial charge on any atom is -0.339 e. The van der Waals surface area contributed by atoms with Crippen LogP contribution in [0.5, 0.6) is 0 Å². The Kier molecular flexibility index (Phi) is 4.25. The number of amides is 1. The summed E-state index contributed by atoms with van der Waals surface area (Å²) in [6, 6.07) is 8.38. The van der Waals surface area contributed by atoms with Gasteiger partial charge in [-0.3, -0.25) is 4.79 Å². The van der Waals surface area contributed by atoms with Crippen LogP contribution >= 0.6 is 0 Å². The number of rotatable bonds is 3. The van der Waals surface area contributed by atoms with Gasteiger partial charge >= 0.3 is 0 Å². The molecule has 1 aromatic rings. The van der Waals surface area contributed by atoms with Gasteiger partial charge in [0.1, 0.15) is 0 Å². The van der Waals surface area contributed by atoms with Crippen LogP contribution in [0.3, 0.4) is 0 Å². The molecule has 2 rings (SSSR count). The van der Waals surface area contributed by atoms with Crippen molar-refractivity contribution < 1.29 is 4.79 Å². The third kappa shape index (κ3) is 3.80. The van der Waals surface area contributed by atoms with Gasteiger partial charge in [-0.2, -0.15) is 0 Å². The highest BCUT2D eigenvalue weighted by atomic mass is 16.2. The van der Waals surface area contributed by atoms with Crippen LogP contribution in [-0.2, 0) is 17.6 Å². The predicted octanol–water partition coefficient (Wildman–Crippen LogP) is 2.00. The van der Waals surface area contributed by atoms with E-state index in [0.29, 0.717) is 6.42 Å². The van der Waals surface area contributed by atoms with Gasteiger partial charge in [-0.15, -0.1) is 0 Å². The lowest BCUT2D eigenvalue weighted by atomic mass is 10.0. The standard InChI is InChI=1S/C16H24N2O/c1-4-13-5-7-14(8-6-13)11-15(19)18-10-9-17-16(2,3)12-18/h5-8,17H,4,9-12H2,1-3H3. The topological polar surface area (TPSA) is 32.3 Å². The van der Waals surface area contributed by atoms with Crippen molar-refractivity contribution in [2.75, 3.05) is 19.6 Å². The normalized spacial score (nSPS) is 18.4. The monoisotopic (exact) mass is 260 g/mol. The summed E-state index contributed by atoms with van der Waals surface area (Å²) in [5, 5.41) is 3.43. The fourth-order valence-corrected chi connectivity index (χ4v) is 2.53. The van der Waals surface area contributed by atoms with Gasteiger partial charge in [0.05, 0.1) is 6.42 Å². The molecule has 3 heteroatoms. The molecule has 1 N–H and O–H groups in total. The number of nitrogens with zero attached hydrogens (tertiary/aromatic N) is 1. The second kappa shape index (κ2) is 5.74. The Morgan fingerprint density at radius 1 is 1.26 bits per heavy atom. The molecule has 1 aliphatic rings. The Hall–Kier alpha value is -1.35. The molecule has 0 unspecified atom stereocenters. The molecular weight excluding hydrogens is 236 g/mol. The first kappa shape index (κ1) is 14.1. The van der Waals surface area contributed by atoms with Crippen molar-refractivity contribution in [1.29, 1.82) is 0 Å². The largest absolute Gasteiger partial charge is 0.339 e. The van der Waals surface area contributed by atoms with E-state index < -0.39 is 0 Å². The van der Waals surface area contributed by atoms with Gasteiger partial charge in [0.2, 0.25) is 5.91 Å². The Balaban J connectivity index is 1.96. The van der Waals surface area contributed by atoms with E-state index in [2.05, 4.69) is 50.4 Å². The maximum atomic E-state index is 12.3. The lowest BCUT2D eigenvalue weighted by molar-refractivity contribution is -0.132. The molecule has 1 heterocycles. The van der Waals surface area contributed by atoms with Crippen molar-refractivity contribution in [3.8, 4) is 0 Å². The summed E-state index contributed by atoms with van der Waals surface area (Å²) < 4.78 is 0. The van der Waals surface area contributed by atoms with E-state index in [0.717, 1.165) is 31.6 Å². The third-order valence-electron chi connectivity index (χ3n) is 3.71. The van der Waals surface area contributed by atoms with Crippen molar-refractivity contribution in [3.05, 3.63) is 35.4 Å². The van der Waals surface area contributed by atoms with E-state index in [1.807, 2.05) is 4.90 Å². The van der Waals surface area contributed by atoms with Crippen LogP contribution in [0, 0.1) is 0 Å². The van der Waals surface area contributed by atoms with Crippen molar-refractivity contribution in [2.24, 2.45) is 0 Å². The number of nitrogens with one attached hydrogen (secondary N) is 1. The van der Waals surface area contributed by atoms with E-state index in [1.165, 1.54) is 5.56 Å². The lowest BCUT2D eigenvalue weighted by Gasteiger charge is -2.39. The number of carbonyl (C=O) groups is 1. The smallest absolute Gasteiger partial charge is 0.227 e. The molecule has 19 heavy (non-hydrogen) atoms. The minimum atomic E-state index is 0.0278. The average Bonchev–Trinajstić information content (AvgIpc) is 2.38. The number of piperazine rings is 1. The third-order valence-corrected chi connectivity index (χ3v) is 3.71. The molecule has 0 radical (unpaired) electrons. The predicted molar refractivity (Wildman–Crippen MR) is 78.2 cm³/mol. The van der Waals surface area contributed by atoms with Crippen LogP contribution in [0.25, 0.3) is 0 Å². The molecule has 0 atom stereocenters. The molecule has 1 aliphatic heterocycles. The van der Waals surface area contributed by atoms with Crippen molar-refractivity contribution in [3.63, 3.8) is 0 Å². The second-order valence-corrected chi connectivity index (χ2v) is 5.97. The number of hydrogen-bond acceptors (Lipinski definition) is 2. The van der Waals surface area contributed by atoms with Crippen molar-refractivity contribution in [2.45, 2.75) is 39.2 Å². The summed E-state index contributed by atoms with van der Waals surface area (Å²) in [4.78, 5) is 14.3. The van der Waals surface area contributed by atoms with E-state index in [9.17, 15) is 4.79 Å². The highest BCUT2D eigenvalue weighted by Crippen LogP contribution is 2.13. The molecule has 0 saturated carbocycles. The first-order valence-electron chi connectivity index (χ1n) is 7.11. The maximum Gasteiger partial charge on any atom is 0.227 e. The first-order valence-corrected chi connectivity index (χ1v) is 7.11. The highest BCUT2D eigenvalue weighted by Gasteiger charge is 2.28. The van der Waals surface area contributed by atoms with Crippen molar-refractivity contribution in [1.82, 2.24) is 10.2 Å². The zero-order valence-corrected chi connectivity index (χ0v) is 12.2. The number of hydrogen-bond donors (Lipinski definition) is 1. The van der Waals surface area contributed by atoms with Crippen LogP contribution in [-0.4, -0.2) is 36.0 Å². The summed E-state index contributed by atoms with van der Waals surface area (Å²) in [6.45, 7) is 8.91. The van der Waals surface area contributed by atoms with E-state index in [1.54, 1.807) is 0 Å². The van der Waals surface area contributed by atoms with Gasteiger partial charge in [0.25, 0.3) is 0 Å². The highest BCUT2D eigenvalue weighted by molar-refractivity contribution is 5.79. The quantitative estimate of drug-likeness (QED) is 0.901. The first-order chi connectivity index (χ1) is 9.00. The molecule has 1 saturated heterocycles. The lowest BCUT2D eigenvalue weighted by Crippen LogP contribution is -2.58. The Bertz CT molecular complexity index is 437. The zero-order chi connectivity index (χ0) is 13.9. The molecule has 104 valence electrons. The number of carbonyl (C=O) groups excluding carboxylic acids is 1. The fourth-order valence-electron chi connectivity index (χ4n) is 2.53. The van der Waals surface area contributed by atoms with Gasteiger partial charge in [0, 0.05) is 25.2 Å². The molecular formula is C16H24N2O. The molecule has 1 fully saturated rings. The van der Waals surface area contributed by atoms with Gasteiger partial charge in [0.15, 0.2) is 0 Å². The summed E-state index contributed by atoms with van der Waals surface area (Å²) >= 11 is 0. The molecule has 1 amide bonds. The Morgan fingerprint density at radius 3 is 2.47 bits per heavy atom. The van der Waals surface area contributed by atoms with Gasteiger partial charge < -0.3 is 10.2 Å². The van der Waals surface area contributed by atoms with Crippen LogP contribution in [0.2, 0.25) is 0 Å². The second-order valence-electron chi connectivity index (χ2n) is 5.97. The molecule has 3 nitrogen and oxygen atoms in total.